The number of nitriles is 1. The zero-order chi connectivity index (χ0) is 16.3. The van der Waals surface area contributed by atoms with Gasteiger partial charge in [0.1, 0.15) is 5.82 Å². The number of ether oxygens (including phenoxy) is 1. The Labute approximate surface area is 129 Å². The number of carbonyl (C=O) groups excluding carboxylic acids is 1. The Morgan fingerprint density at radius 3 is 2.82 bits per heavy atom. The standard InChI is InChI=1S/C17H19FN2O2/c1-4-5-8-22-16(21)20-10-14(17(2,3)11-19)13-7-6-12(18)9-15(13)20/h6-7,9-10H,4-5,8H2,1-3H3. The molecule has 0 aliphatic carbocycles. The largest absolute Gasteiger partial charge is 0.449 e. The Morgan fingerprint density at radius 2 is 2.18 bits per heavy atom. The molecule has 0 atom stereocenters. The van der Waals surface area contributed by atoms with Crippen molar-refractivity contribution in [2.24, 2.45) is 0 Å². The normalized spacial score (nSPS) is 11.4. The van der Waals surface area contributed by atoms with Crippen LogP contribution in [0.2, 0.25) is 0 Å². The number of hydrogen-bond donors (Lipinski definition) is 0. The molecule has 0 fully saturated rings. The number of unbranched alkanes of at least 4 members (excludes halogenated alkanes) is 1. The fourth-order valence-electron chi connectivity index (χ4n) is 2.28. The fourth-order valence-corrected chi connectivity index (χ4v) is 2.28. The molecule has 5 heteroatoms. The highest BCUT2D eigenvalue weighted by Crippen LogP contribution is 2.32. The van der Waals surface area contributed by atoms with Crippen LogP contribution in [0.25, 0.3) is 10.9 Å². The number of nitrogens with zero attached hydrogens (tertiary/aromatic N) is 2. The van der Waals surface area contributed by atoms with E-state index in [2.05, 4.69) is 6.07 Å². The van der Waals surface area contributed by atoms with E-state index in [4.69, 9.17) is 4.74 Å². The molecule has 0 N–H and O–H groups in total. The third-order valence-electron chi connectivity index (χ3n) is 3.64. The molecule has 2 aromatic rings. The molecule has 0 aliphatic rings. The molecular formula is C17H19FN2O2. The summed E-state index contributed by atoms with van der Waals surface area (Å²) in [6.45, 7) is 5.85. The molecule has 116 valence electrons. The molecule has 0 spiro atoms. The molecule has 4 nitrogen and oxygen atoms in total. The van der Waals surface area contributed by atoms with Gasteiger partial charge in [0.15, 0.2) is 0 Å². The van der Waals surface area contributed by atoms with Gasteiger partial charge in [-0.3, -0.25) is 4.57 Å². The summed E-state index contributed by atoms with van der Waals surface area (Å²) in [7, 11) is 0. The number of rotatable bonds is 4. The summed E-state index contributed by atoms with van der Waals surface area (Å²) in [4.78, 5) is 12.2. The van der Waals surface area contributed by atoms with E-state index in [0.717, 1.165) is 12.8 Å². The van der Waals surface area contributed by atoms with E-state index >= 15 is 0 Å². The average Bonchev–Trinajstić information content (AvgIpc) is 2.86. The van der Waals surface area contributed by atoms with Gasteiger partial charge < -0.3 is 4.74 Å². The van der Waals surface area contributed by atoms with Crippen LogP contribution in [0.15, 0.2) is 24.4 Å². The van der Waals surface area contributed by atoms with Gasteiger partial charge >= 0.3 is 6.09 Å². The predicted molar refractivity (Wildman–Crippen MR) is 82.2 cm³/mol. The lowest BCUT2D eigenvalue weighted by molar-refractivity contribution is 0.147. The minimum atomic E-state index is -0.787. The van der Waals surface area contributed by atoms with Crippen molar-refractivity contribution in [3.8, 4) is 6.07 Å². The van der Waals surface area contributed by atoms with Crippen LogP contribution in [0.1, 0.15) is 39.2 Å². The maximum absolute atomic E-state index is 13.5. The van der Waals surface area contributed by atoms with E-state index in [1.54, 1.807) is 26.1 Å². The van der Waals surface area contributed by atoms with Crippen LogP contribution in [-0.2, 0) is 10.2 Å². The van der Waals surface area contributed by atoms with Crippen LogP contribution in [0.3, 0.4) is 0 Å². The van der Waals surface area contributed by atoms with Gasteiger partial charge in [-0.1, -0.05) is 13.3 Å². The topological polar surface area (TPSA) is 55.0 Å². The summed E-state index contributed by atoms with van der Waals surface area (Å²) in [6.07, 6.45) is 2.71. The Balaban J connectivity index is 2.53. The van der Waals surface area contributed by atoms with Crippen LogP contribution in [0.5, 0.6) is 0 Å². The summed E-state index contributed by atoms with van der Waals surface area (Å²) in [5.74, 6) is -0.436. The molecule has 1 aromatic carbocycles. The number of benzene rings is 1. The molecule has 0 unspecified atom stereocenters. The van der Waals surface area contributed by atoms with Gasteiger partial charge in [0.2, 0.25) is 0 Å². The summed E-state index contributed by atoms with van der Waals surface area (Å²) in [5.41, 5.74) is 0.308. The molecule has 1 heterocycles. The smallest absolute Gasteiger partial charge is 0.418 e. The van der Waals surface area contributed by atoms with Gasteiger partial charge in [-0.05, 0) is 44.0 Å². The summed E-state index contributed by atoms with van der Waals surface area (Å²) in [5, 5.41) is 10.0. The van der Waals surface area contributed by atoms with Gasteiger partial charge in [0.05, 0.1) is 23.6 Å². The monoisotopic (exact) mass is 302 g/mol. The summed E-state index contributed by atoms with van der Waals surface area (Å²) >= 11 is 0. The molecule has 0 saturated carbocycles. The maximum Gasteiger partial charge on any atom is 0.418 e. The molecule has 0 amide bonds. The highest BCUT2D eigenvalue weighted by molar-refractivity contribution is 5.93. The third kappa shape index (κ3) is 2.96. The number of aromatic nitrogens is 1. The van der Waals surface area contributed by atoms with Gasteiger partial charge in [0.25, 0.3) is 0 Å². The Kier molecular flexibility index (Phi) is 4.51. The molecule has 0 saturated heterocycles. The van der Waals surface area contributed by atoms with Crippen molar-refractivity contribution >= 4 is 17.0 Å². The Morgan fingerprint density at radius 1 is 1.45 bits per heavy atom. The first kappa shape index (κ1) is 16.0. The van der Waals surface area contributed by atoms with E-state index < -0.39 is 17.3 Å². The van der Waals surface area contributed by atoms with Crippen LogP contribution < -0.4 is 0 Å². The fraction of sp³-hybridized carbons (Fsp3) is 0.412. The maximum atomic E-state index is 13.5. The predicted octanol–water partition coefficient (Wildman–Crippen LogP) is 4.37. The van der Waals surface area contributed by atoms with Gasteiger partial charge in [-0.15, -0.1) is 0 Å². The zero-order valence-electron chi connectivity index (χ0n) is 13.0. The van der Waals surface area contributed by atoms with Gasteiger partial charge in [-0.2, -0.15) is 5.26 Å². The lowest BCUT2D eigenvalue weighted by atomic mass is 9.86. The number of halogens is 1. The first-order valence-electron chi connectivity index (χ1n) is 7.30. The van der Waals surface area contributed by atoms with E-state index in [-0.39, 0.29) is 0 Å². The Bertz CT molecular complexity index is 741. The SMILES string of the molecule is CCCCOC(=O)n1cc(C(C)(C)C#N)c2ccc(F)cc21. The van der Waals surface area contributed by atoms with Gasteiger partial charge in [-0.25, -0.2) is 9.18 Å². The van der Waals surface area contributed by atoms with Crippen molar-refractivity contribution in [3.05, 3.63) is 35.8 Å². The van der Waals surface area contributed by atoms with Crippen LogP contribution in [0, 0.1) is 17.1 Å². The number of fused-ring (bicyclic) bond motifs is 1. The number of hydrogen-bond acceptors (Lipinski definition) is 3. The average molecular weight is 302 g/mol. The second-order valence-electron chi connectivity index (χ2n) is 5.78. The molecule has 1 aromatic heterocycles. The highest BCUT2D eigenvalue weighted by atomic mass is 19.1. The lowest BCUT2D eigenvalue weighted by Crippen LogP contribution is -2.15. The van der Waals surface area contributed by atoms with Crippen molar-refractivity contribution in [2.45, 2.75) is 39.0 Å². The van der Waals surface area contributed by atoms with Crippen LogP contribution in [0.4, 0.5) is 9.18 Å². The number of carbonyl (C=O) groups is 1. The second-order valence-corrected chi connectivity index (χ2v) is 5.78. The third-order valence-corrected chi connectivity index (χ3v) is 3.64. The molecular weight excluding hydrogens is 283 g/mol. The van der Waals surface area contributed by atoms with E-state index in [9.17, 15) is 14.4 Å². The minimum absolute atomic E-state index is 0.321. The van der Waals surface area contributed by atoms with Gasteiger partial charge in [0, 0.05) is 11.6 Å². The van der Waals surface area contributed by atoms with Crippen LogP contribution >= 0.6 is 0 Å². The van der Waals surface area contributed by atoms with Crippen molar-refractivity contribution < 1.29 is 13.9 Å². The van der Waals surface area contributed by atoms with E-state index in [1.807, 2.05) is 6.92 Å². The summed E-state index contributed by atoms with van der Waals surface area (Å²) in [6, 6.07) is 6.41. The van der Waals surface area contributed by atoms with E-state index in [1.165, 1.54) is 16.7 Å². The van der Waals surface area contributed by atoms with Crippen molar-refractivity contribution in [3.63, 3.8) is 0 Å². The first-order valence-corrected chi connectivity index (χ1v) is 7.30. The van der Waals surface area contributed by atoms with Crippen molar-refractivity contribution in [1.82, 2.24) is 4.57 Å². The minimum Gasteiger partial charge on any atom is -0.449 e. The lowest BCUT2D eigenvalue weighted by Gasteiger charge is -2.13. The second kappa shape index (κ2) is 6.18. The molecule has 0 aliphatic heterocycles. The zero-order valence-corrected chi connectivity index (χ0v) is 13.0. The van der Waals surface area contributed by atoms with E-state index in [0.29, 0.717) is 23.1 Å². The van der Waals surface area contributed by atoms with Crippen molar-refractivity contribution in [1.29, 1.82) is 5.26 Å². The molecule has 0 bridgehead atoms. The Hall–Kier alpha value is -2.35. The quantitative estimate of drug-likeness (QED) is 0.788. The molecule has 0 radical (unpaired) electrons. The van der Waals surface area contributed by atoms with Crippen LogP contribution in [-0.4, -0.2) is 17.3 Å². The first-order chi connectivity index (χ1) is 10.4. The van der Waals surface area contributed by atoms with Crippen molar-refractivity contribution in [2.75, 3.05) is 6.61 Å². The molecule has 22 heavy (non-hydrogen) atoms. The molecule has 2 rings (SSSR count). The summed E-state index contributed by atoms with van der Waals surface area (Å²) < 4.78 is 20.0. The highest BCUT2D eigenvalue weighted by Gasteiger charge is 2.27.